The lowest BCUT2D eigenvalue weighted by molar-refractivity contribution is -0.755. The highest BCUT2D eigenvalue weighted by atomic mass is 16.9. The van der Waals surface area contributed by atoms with Crippen LogP contribution in [0.3, 0.4) is 0 Å². The van der Waals surface area contributed by atoms with Crippen molar-refractivity contribution in [1.29, 1.82) is 0 Å². The molecule has 0 aliphatic rings. The Morgan fingerprint density at radius 1 is 2.00 bits per heavy atom. The molecule has 4 nitrogen and oxygen atoms in total. The first kappa shape index (κ1) is 6.20. The van der Waals surface area contributed by atoms with Crippen LogP contribution in [0, 0.1) is 16.5 Å². The van der Waals surface area contributed by atoms with Gasteiger partial charge in [0.05, 0.1) is 6.61 Å². The number of nitrogens with zero attached hydrogens (tertiary/aromatic N) is 1. The van der Waals surface area contributed by atoms with Gasteiger partial charge in [0, 0.05) is 0 Å². The third-order valence-corrected chi connectivity index (χ3v) is 0.347. The molecule has 0 aromatic carbocycles. The third kappa shape index (κ3) is 5.20. The van der Waals surface area contributed by atoms with E-state index in [4.69, 9.17) is 0 Å². The van der Waals surface area contributed by atoms with Crippen LogP contribution in [-0.4, -0.2) is 11.7 Å². The molecule has 0 saturated heterocycles. The fraction of sp³-hybridized carbons (Fsp3) is 0.667. The zero-order valence-electron chi connectivity index (χ0n) is 3.96. The molecule has 0 bridgehead atoms. The smallest absolute Gasteiger partial charge is 0.294 e. The van der Waals surface area contributed by atoms with Crippen LogP contribution in [0.1, 0.15) is 6.92 Å². The molecule has 0 rings (SSSR count). The SMILES string of the molecule is C[CH]CO[N+](=O)[O-]. The van der Waals surface area contributed by atoms with Gasteiger partial charge in [-0.2, -0.15) is 0 Å². The Kier molecular flexibility index (Phi) is 3.00. The van der Waals surface area contributed by atoms with Crippen molar-refractivity contribution >= 4 is 0 Å². The van der Waals surface area contributed by atoms with Crippen molar-refractivity contribution in [2.24, 2.45) is 0 Å². The molecule has 0 heterocycles. The summed E-state index contributed by atoms with van der Waals surface area (Å²) in [4.78, 5) is 13.2. The maximum atomic E-state index is 9.32. The molecule has 4 heteroatoms. The fourth-order valence-corrected chi connectivity index (χ4v) is 0.135. The van der Waals surface area contributed by atoms with Crippen LogP contribution < -0.4 is 0 Å². The Bertz CT molecular complexity index is 63.2. The van der Waals surface area contributed by atoms with Gasteiger partial charge in [0.2, 0.25) is 0 Å². The number of rotatable bonds is 3. The molecule has 0 aromatic rings. The van der Waals surface area contributed by atoms with Gasteiger partial charge in [0.1, 0.15) is 0 Å². The first-order chi connectivity index (χ1) is 3.27. The van der Waals surface area contributed by atoms with E-state index in [9.17, 15) is 10.1 Å². The normalized spacial score (nSPS) is 8.14. The Morgan fingerprint density at radius 3 is 2.71 bits per heavy atom. The molecule has 0 aromatic heterocycles. The first-order valence-corrected chi connectivity index (χ1v) is 1.82. The third-order valence-electron chi connectivity index (χ3n) is 0.347. The van der Waals surface area contributed by atoms with E-state index < -0.39 is 5.09 Å². The van der Waals surface area contributed by atoms with Crippen molar-refractivity contribution in [1.82, 2.24) is 0 Å². The standard InChI is InChI=1S/C3H6NO3/c1-2-3-7-4(5)6/h2H,3H2,1H3. The lowest BCUT2D eigenvalue weighted by atomic mass is 10.5. The summed E-state index contributed by atoms with van der Waals surface area (Å²) in [6.45, 7) is 1.76. The lowest BCUT2D eigenvalue weighted by Crippen LogP contribution is -2.00. The van der Waals surface area contributed by atoms with Crippen LogP contribution in [0.5, 0.6) is 0 Å². The van der Waals surface area contributed by atoms with E-state index in [1.165, 1.54) is 0 Å². The fourth-order valence-electron chi connectivity index (χ4n) is 0.135. The second-order valence-corrected chi connectivity index (χ2v) is 0.928. The molecule has 0 unspecified atom stereocenters. The van der Waals surface area contributed by atoms with Crippen LogP contribution in [0.25, 0.3) is 0 Å². The summed E-state index contributed by atoms with van der Waals surface area (Å²) in [5.74, 6) is 0. The second kappa shape index (κ2) is 3.39. The van der Waals surface area contributed by atoms with Gasteiger partial charge in [-0.3, -0.25) is 0 Å². The van der Waals surface area contributed by atoms with E-state index >= 15 is 0 Å². The quantitative estimate of drug-likeness (QED) is 0.385. The molecule has 0 aliphatic carbocycles. The second-order valence-electron chi connectivity index (χ2n) is 0.928. The molecular weight excluding hydrogens is 98.0 g/mol. The maximum absolute atomic E-state index is 9.32. The summed E-state index contributed by atoms with van der Waals surface area (Å²) in [6.07, 6.45) is 1.56. The van der Waals surface area contributed by atoms with Gasteiger partial charge in [0.25, 0.3) is 5.09 Å². The maximum Gasteiger partial charge on any atom is 0.294 e. The molecule has 0 amide bonds. The van der Waals surface area contributed by atoms with Gasteiger partial charge < -0.3 is 4.84 Å². The van der Waals surface area contributed by atoms with Crippen LogP contribution in [0.2, 0.25) is 0 Å². The molecule has 7 heavy (non-hydrogen) atoms. The lowest BCUT2D eigenvalue weighted by Gasteiger charge is -1.88. The predicted octanol–water partition coefficient (Wildman–Crippen LogP) is 0.419. The summed E-state index contributed by atoms with van der Waals surface area (Å²) in [5, 5.41) is 8.50. The zero-order chi connectivity index (χ0) is 5.70. The van der Waals surface area contributed by atoms with Gasteiger partial charge in [-0.1, -0.05) is 6.92 Å². The Labute approximate surface area is 41.2 Å². The molecule has 0 N–H and O–H groups in total. The predicted molar refractivity (Wildman–Crippen MR) is 22.9 cm³/mol. The molecular formula is C3H6NO3. The van der Waals surface area contributed by atoms with Crippen LogP contribution in [0.15, 0.2) is 0 Å². The Morgan fingerprint density at radius 2 is 2.57 bits per heavy atom. The average molecular weight is 104 g/mol. The molecule has 0 saturated carbocycles. The van der Waals surface area contributed by atoms with Crippen molar-refractivity contribution in [3.8, 4) is 0 Å². The summed E-state index contributed by atoms with van der Waals surface area (Å²) >= 11 is 0. The van der Waals surface area contributed by atoms with Crippen LogP contribution >= 0.6 is 0 Å². The van der Waals surface area contributed by atoms with Gasteiger partial charge >= 0.3 is 0 Å². The number of hydrogen-bond donors (Lipinski definition) is 0. The summed E-state index contributed by atoms with van der Waals surface area (Å²) in [6, 6.07) is 0. The minimum Gasteiger partial charge on any atom is -0.314 e. The van der Waals surface area contributed by atoms with Crippen molar-refractivity contribution in [2.45, 2.75) is 6.92 Å². The van der Waals surface area contributed by atoms with Crippen molar-refractivity contribution < 1.29 is 9.92 Å². The highest BCUT2D eigenvalue weighted by molar-refractivity contribution is 4.47. The minimum absolute atomic E-state index is 0.0764. The van der Waals surface area contributed by atoms with Crippen molar-refractivity contribution in [3.05, 3.63) is 16.5 Å². The molecule has 41 valence electrons. The Balaban J connectivity index is 2.82. The van der Waals surface area contributed by atoms with E-state index in [1.54, 1.807) is 13.3 Å². The van der Waals surface area contributed by atoms with Crippen LogP contribution in [-0.2, 0) is 4.84 Å². The summed E-state index contributed by atoms with van der Waals surface area (Å²) in [7, 11) is 0. The van der Waals surface area contributed by atoms with Crippen molar-refractivity contribution in [2.75, 3.05) is 6.61 Å². The van der Waals surface area contributed by atoms with Gasteiger partial charge in [0.15, 0.2) is 0 Å². The summed E-state index contributed by atoms with van der Waals surface area (Å²) < 4.78 is 0. The van der Waals surface area contributed by atoms with Gasteiger partial charge in [-0.15, -0.1) is 10.1 Å². The van der Waals surface area contributed by atoms with Gasteiger partial charge in [-0.25, -0.2) is 0 Å². The molecule has 0 spiro atoms. The monoisotopic (exact) mass is 104 g/mol. The highest BCUT2D eigenvalue weighted by Crippen LogP contribution is 1.75. The number of hydrogen-bond acceptors (Lipinski definition) is 3. The van der Waals surface area contributed by atoms with Gasteiger partial charge in [-0.05, 0) is 6.42 Å². The Hall–Kier alpha value is -0.800. The summed E-state index contributed by atoms with van der Waals surface area (Å²) in [5.41, 5.74) is 0. The average Bonchev–Trinajstić information content (AvgIpc) is 1.61. The zero-order valence-corrected chi connectivity index (χ0v) is 3.96. The first-order valence-electron chi connectivity index (χ1n) is 1.82. The largest absolute Gasteiger partial charge is 0.314 e. The van der Waals surface area contributed by atoms with E-state index in [-0.39, 0.29) is 6.61 Å². The van der Waals surface area contributed by atoms with E-state index in [1.807, 2.05) is 0 Å². The minimum atomic E-state index is -0.819. The molecule has 0 aliphatic heterocycles. The highest BCUT2D eigenvalue weighted by Gasteiger charge is 1.87. The molecule has 0 fully saturated rings. The van der Waals surface area contributed by atoms with Crippen molar-refractivity contribution in [3.63, 3.8) is 0 Å². The van der Waals surface area contributed by atoms with Crippen LogP contribution in [0.4, 0.5) is 0 Å². The molecule has 1 radical (unpaired) electrons. The molecule has 0 atom stereocenters. The van der Waals surface area contributed by atoms with E-state index in [0.29, 0.717) is 0 Å². The van der Waals surface area contributed by atoms with E-state index in [2.05, 4.69) is 4.84 Å². The van der Waals surface area contributed by atoms with E-state index in [0.717, 1.165) is 0 Å². The topological polar surface area (TPSA) is 52.4 Å².